The van der Waals surface area contributed by atoms with E-state index in [9.17, 15) is 4.79 Å². The zero-order valence-corrected chi connectivity index (χ0v) is 9.34. The fourth-order valence-corrected chi connectivity index (χ4v) is 1.76. The number of carbonyl (C=O) groups excluding carboxylic acids is 1. The standard InChI is InChI=1S/C11H13NO2S/c1-15-10-5-7(11(12)13)4-9(6-10)14-8-2-3-8/h4-6,8H,2-3H2,1H3,(H2,12,13). The van der Waals surface area contributed by atoms with Crippen LogP contribution in [0, 0.1) is 0 Å². The largest absolute Gasteiger partial charge is 0.490 e. The molecule has 1 saturated carbocycles. The van der Waals surface area contributed by atoms with Crippen LogP contribution < -0.4 is 10.5 Å². The highest BCUT2D eigenvalue weighted by atomic mass is 32.2. The third kappa shape index (κ3) is 2.65. The molecule has 0 spiro atoms. The minimum atomic E-state index is -0.411. The van der Waals surface area contributed by atoms with Crippen LogP contribution in [0.15, 0.2) is 23.1 Å². The fourth-order valence-electron chi connectivity index (χ4n) is 1.28. The van der Waals surface area contributed by atoms with Gasteiger partial charge in [-0.1, -0.05) is 0 Å². The monoisotopic (exact) mass is 223 g/mol. The van der Waals surface area contributed by atoms with Gasteiger partial charge in [0.1, 0.15) is 5.75 Å². The number of amides is 1. The molecular weight excluding hydrogens is 210 g/mol. The van der Waals surface area contributed by atoms with Crippen LogP contribution in [0.4, 0.5) is 0 Å². The number of primary amides is 1. The quantitative estimate of drug-likeness (QED) is 0.795. The van der Waals surface area contributed by atoms with Crippen molar-refractivity contribution in [3.63, 3.8) is 0 Å². The number of thioether (sulfide) groups is 1. The van der Waals surface area contributed by atoms with E-state index in [-0.39, 0.29) is 0 Å². The maximum Gasteiger partial charge on any atom is 0.248 e. The third-order valence-corrected chi connectivity index (χ3v) is 2.93. The molecule has 0 saturated heterocycles. The van der Waals surface area contributed by atoms with E-state index >= 15 is 0 Å². The average Bonchev–Trinajstić information content (AvgIpc) is 3.01. The van der Waals surface area contributed by atoms with E-state index in [4.69, 9.17) is 10.5 Å². The van der Waals surface area contributed by atoms with Gasteiger partial charge in [-0.2, -0.15) is 0 Å². The predicted octanol–water partition coefficient (Wildman–Crippen LogP) is 2.05. The lowest BCUT2D eigenvalue weighted by Crippen LogP contribution is -2.11. The average molecular weight is 223 g/mol. The van der Waals surface area contributed by atoms with Crippen LogP contribution in [0.2, 0.25) is 0 Å². The summed E-state index contributed by atoms with van der Waals surface area (Å²) in [5, 5.41) is 0. The second kappa shape index (κ2) is 4.14. The molecule has 0 atom stereocenters. The Hall–Kier alpha value is -1.16. The molecule has 1 amide bonds. The molecule has 0 heterocycles. The van der Waals surface area contributed by atoms with Crippen LogP contribution in [-0.4, -0.2) is 18.3 Å². The van der Waals surface area contributed by atoms with Crippen molar-refractivity contribution >= 4 is 17.7 Å². The highest BCUT2D eigenvalue weighted by Gasteiger charge is 2.23. The zero-order chi connectivity index (χ0) is 10.8. The van der Waals surface area contributed by atoms with Crippen LogP contribution >= 0.6 is 11.8 Å². The molecule has 80 valence electrons. The Balaban J connectivity index is 2.27. The van der Waals surface area contributed by atoms with Gasteiger partial charge in [-0.15, -0.1) is 11.8 Å². The molecule has 0 unspecified atom stereocenters. The molecule has 2 N–H and O–H groups in total. The second-order valence-electron chi connectivity index (χ2n) is 3.58. The number of benzene rings is 1. The van der Waals surface area contributed by atoms with Crippen LogP contribution in [0.25, 0.3) is 0 Å². The first kappa shape index (κ1) is 10.4. The first-order valence-electron chi connectivity index (χ1n) is 4.84. The number of carbonyl (C=O) groups is 1. The molecule has 0 aliphatic heterocycles. The highest BCUT2D eigenvalue weighted by Crippen LogP contribution is 2.30. The van der Waals surface area contributed by atoms with Crippen LogP contribution in [0.5, 0.6) is 5.75 Å². The summed E-state index contributed by atoms with van der Waals surface area (Å²) in [5.41, 5.74) is 5.76. The summed E-state index contributed by atoms with van der Waals surface area (Å²) in [5.74, 6) is 0.338. The predicted molar refractivity (Wildman–Crippen MR) is 60.4 cm³/mol. The SMILES string of the molecule is CSc1cc(OC2CC2)cc(C(N)=O)c1. The molecule has 1 fully saturated rings. The van der Waals surface area contributed by atoms with Crippen molar-refractivity contribution in [3.8, 4) is 5.75 Å². The molecule has 1 aromatic rings. The van der Waals surface area contributed by atoms with E-state index in [0.717, 1.165) is 23.5 Å². The van der Waals surface area contributed by atoms with Gasteiger partial charge in [0.15, 0.2) is 0 Å². The van der Waals surface area contributed by atoms with Gasteiger partial charge in [-0.3, -0.25) is 4.79 Å². The second-order valence-corrected chi connectivity index (χ2v) is 4.46. The van der Waals surface area contributed by atoms with Gasteiger partial charge in [-0.05, 0) is 37.3 Å². The number of rotatable bonds is 4. The van der Waals surface area contributed by atoms with Crippen molar-refractivity contribution in [3.05, 3.63) is 23.8 Å². The minimum Gasteiger partial charge on any atom is -0.490 e. The molecule has 0 radical (unpaired) electrons. The van der Waals surface area contributed by atoms with Crippen molar-refractivity contribution in [1.82, 2.24) is 0 Å². The number of ether oxygens (including phenoxy) is 1. The third-order valence-electron chi connectivity index (χ3n) is 2.23. The maximum atomic E-state index is 11.1. The van der Waals surface area contributed by atoms with Gasteiger partial charge >= 0.3 is 0 Å². The Labute approximate surface area is 93.0 Å². The summed E-state index contributed by atoms with van der Waals surface area (Å²) in [6.45, 7) is 0. The lowest BCUT2D eigenvalue weighted by molar-refractivity contribution is 0.0999. The van der Waals surface area contributed by atoms with Gasteiger partial charge in [0.25, 0.3) is 0 Å². The zero-order valence-electron chi connectivity index (χ0n) is 8.53. The summed E-state index contributed by atoms with van der Waals surface area (Å²) in [7, 11) is 0. The Morgan fingerprint density at radius 1 is 1.47 bits per heavy atom. The van der Waals surface area contributed by atoms with E-state index in [1.807, 2.05) is 12.3 Å². The van der Waals surface area contributed by atoms with Crippen molar-refractivity contribution in [1.29, 1.82) is 0 Å². The van der Waals surface area contributed by atoms with E-state index in [2.05, 4.69) is 0 Å². The van der Waals surface area contributed by atoms with Crippen LogP contribution in [0.3, 0.4) is 0 Å². The molecule has 15 heavy (non-hydrogen) atoms. The molecular formula is C11H13NO2S. The van der Waals surface area contributed by atoms with Crippen molar-refractivity contribution in [2.45, 2.75) is 23.8 Å². The molecule has 4 heteroatoms. The first-order chi connectivity index (χ1) is 7.19. The lowest BCUT2D eigenvalue weighted by Gasteiger charge is -2.07. The Morgan fingerprint density at radius 2 is 2.20 bits per heavy atom. The molecule has 1 aliphatic rings. The van der Waals surface area contributed by atoms with Crippen molar-refractivity contribution in [2.24, 2.45) is 5.73 Å². The van der Waals surface area contributed by atoms with Gasteiger partial charge < -0.3 is 10.5 Å². The minimum absolute atomic E-state index is 0.336. The highest BCUT2D eigenvalue weighted by molar-refractivity contribution is 7.98. The van der Waals surface area contributed by atoms with E-state index in [1.165, 1.54) is 0 Å². The number of hydrogen-bond donors (Lipinski definition) is 1. The first-order valence-corrected chi connectivity index (χ1v) is 6.07. The van der Waals surface area contributed by atoms with E-state index in [0.29, 0.717) is 11.7 Å². The number of nitrogens with two attached hydrogens (primary N) is 1. The fraction of sp³-hybridized carbons (Fsp3) is 0.364. The van der Waals surface area contributed by atoms with E-state index in [1.54, 1.807) is 23.9 Å². The van der Waals surface area contributed by atoms with Crippen LogP contribution in [-0.2, 0) is 0 Å². The topological polar surface area (TPSA) is 52.3 Å². The maximum absolute atomic E-state index is 11.1. The van der Waals surface area contributed by atoms with Gasteiger partial charge in [0, 0.05) is 10.5 Å². The molecule has 3 nitrogen and oxygen atoms in total. The lowest BCUT2D eigenvalue weighted by atomic mass is 10.2. The summed E-state index contributed by atoms with van der Waals surface area (Å²) >= 11 is 1.57. The Bertz CT molecular complexity index is 388. The smallest absolute Gasteiger partial charge is 0.248 e. The van der Waals surface area contributed by atoms with Gasteiger partial charge in [0.05, 0.1) is 6.10 Å². The van der Waals surface area contributed by atoms with Gasteiger partial charge in [-0.25, -0.2) is 0 Å². The normalized spacial score (nSPS) is 15.0. The molecule has 2 rings (SSSR count). The summed E-state index contributed by atoms with van der Waals surface area (Å²) in [6, 6.07) is 5.43. The summed E-state index contributed by atoms with van der Waals surface area (Å²) < 4.78 is 5.64. The number of hydrogen-bond acceptors (Lipinski definition) is 3. The molecule has 1 aliphatic carbocycles. The molecule has 0 aromatic heterocycles. The summed E-state index contributed by atoms with van der Waals surface area (Å²) in [4.78, 5) is 12.1. The van der Waals surface area contributed by atoms with Crippen molar-refractivity contribution in [2.75, 3.05) is 6.26 Å². The van der Waals surface area contributed by atoms with E-state index < -0.39 is 5.91 Å². The van der Waals surface area contributed by atoms with Gasteiger partial charge in [0.2, 0.25) is 5.91 Å². The molecule has 0 bridgehead atoms. The Morgan fingerprint density at radius 3 is 2.73 bits per heavy atom. The Kier molecular flexibility index (Phi) is 2.86. The van der Waals surface area contributed by atoms with Crippen molar-refractivity contribution < 1.29 is 9.53 Å². The van der Waals surface area contributed by atoms with Crippen LogP contribution in [0.1, 0.15) is 23.2 Å². The summed E-state index contributed by atoms with van der Waals surface area (Å²) in [6.07, 6.45) is 4.51. The molecule has 1 aromatic carbocycles.